The molecule has 1 aromatic carbocycles. The standard InChI is InChI=1S/C27H35N3O5S2.Na/c1-3-5-16-29-25(31)23(26(32)30(27(29)36)17-6-4-2)14-9-8-13-22-20-21-12-7-10-15-24(21)28(22)18-11-19-37(33,34)35;/h7-10,12-15H,3-6,11,16-20H2,1-2H3,(H,33,34,35);/q;+1/p-1/b9-8+,22-13-;. The molecule has 0 unspecified atom stereocenters. The van der Waals surface area contributed by atoms with Crippen molar-refractivity contribution in [2.24, 2.45) is 0 Å². The van der Waals surface area contributed by atoms with E-state index in [4.69, 9.17) is 12.2 Å². The van der Waals surface area contributed by atoms with Gasteiger partial charge in [0.2, 0.25) is 0 Å². The van der Waals surface area contributed by atoms with Gasteiger partial charge in [0.25, 0.3) is 11.8 Å². The molecule has 0 spiro atoms. The Morgan fingerprint density at radius 2 is 1.45 bits per heavy atom. The molecule has 2 amide bonds. The van der Waals surface area contributed by atoms with Gasteiger partial charge in [-0.2, -0.15) is 0 Å². The van der Waals surface area contributed by atoms with Crippen LogP contribution in [0.1, 0.15) is 51.5 Å². The fourth-order valence-electron chi connectivity index (χ4n) is 4.37. The molecule has 0 saturated carbocycles. The number of amides is 2. The Balaban J connectivity index is 0.00000507. The van der Waals surface area contributed by atoms with Gasteiger partial charge in [-0.3, -0.25) is 19.4 Å². The van der Waals surface area contributed by atoms with Crippen molar-refractivity contribution in [3.05, 3.63) is 65.4 Å². The molecular weight excluding hydrogens is 533 g/mol. The summed E-state index contributed by atoms with van der Waals surface area (Å²) in [5.41, 5.74) is 3.11. The van der Waals surface area contributed by atoms with Crippen LogP contribution in [0.15, 0.2) is 59.8 Å². The summed E-state index contributed by atoms with van der Waals surface area (Å²) in [5, 5.41) is 0.277. The van der Waals surface area contributed by atoms with E-state index in [1.54, 1.807) is 12.2 Å². The first-order valence-electron chi connectivity index (χ1n) is 12.7. The van der Waals surface area contributed by atoms with Crippen LogP contribution >= 0.6 is 12.2 Å². The van der Waals surface area contributed by atoms with Gasteiger partial charge in [0, 0.05) is 43.2 Å². The molecule has 2 heterocycles. The second kappa shape index (κ2) is 15.1. The number of benzene rings is 1. The van der Waals surface area contributed by atoms with E-state index in [2.05, 4.69) is 0 Å². The SMILES string of the molecule is CCCCN1C(=O)C(=C/C=C/C=C2/Cc3ccccc3N2CCCS(=O)(=O)[O-])C(=O)N(CCCC)C1=S.[Na+]. The normalized spacial score (nSPS) is 17.0. The van der Waals surface area contributed by atoms with Crippen LogP contribution in [0, 0.1) is 0 Å². The molecule has 0 radical (unpaired) electrons. The third-order valence-electron chi connectivity index (χ3n) is 6.32. The number of thiocarbonyl (C=S) groups is 1. The van der Waals surface area contributed by atoms with E-state index in [1.807, 2.05) is 49.1 Å². The molecule has 0 atom stereocenters. The number of hydrogen-bond donors (Lipinski definition) is 0. The van der Waals surface area contributed by atoms with E-state index in [9.17, 15) is 22.6 Å². The van der Waals surface area contributed by atoms with Crippen LogP contribution in [0.4, 0.5) is 5.69 Å². The van der Waals surface area contributed by atoms with Crippen molar-refractivity contribution in [2.45, 2.75) is 52.4 Å². The van der Waals surface area contributed by atoms with Crippen LogP contribution in [-0.4, -0.2) is 65.1 Å². The zero-order chi connectivity index (χ0) is 27.0. The molecule has 200 valence electrons. The molecule has 0 aliphatic carbocycles. The second-order valence-electron chi connectivity index (χ2n) is 9.10. The number of rotatable bonds is 12. The molecule has 1 saturated heterocycles. The topological polar surface area (TPSA) is 101 Å². The van der Waals surface area contributed by atoms with E-state index < -0.39 is 15.9 Å². The molecule has 3 rings (SSSR count). The zero-order valence-corrected chi connectivity index (χ0v) is 26.0. The molecule has 0 N–H and O–H groups in total. The molecule has 38 heavy (non-hydrogen) atoms. The summed E-state index contributed by atoms with van der Waals surface area (Å²) in [5.74, 6) is -1.17. The Hall–Kier alpha value is -1.82. The summed E-state index contributed by atoms with van der Waals surface area (Å²) in [4.78, 5) is 31.3. The number of carbonyl (C=O) groups excluding carboxylic acids is 2. The van der Waals surface area contributed by atoms with Gasteiger partial charge in [-0.25, -0.2) is 8.42 Å². The second-order valence-corrected chi connectivity index (χ2v) is 11.0. The Morgan fingerprint density at radius 1 is 0.895 bits per heavy atom. The summed E-state index contributed by atoms with van der Waals surface area (Å²) in [6.45, 7) is 5.42. The number of carbonyl (C=O) groups is 2. The monoisotopic (exact) mass is 567 g/mol. The average molecular weight is 568 g/mol. The first-order chi connectivity index (χ1) is 17.7. The summed E-state index contributed by atoms with van der Waals surface area (Å²) < 4.78 is 33.2. The van der Waals surface area contributed by atoms with Crippen LogP contribution in [0.25, 0.3) is 0 Å². The van der Waals surface area contributed by atoms with Gasteiger partial charge in [0.15, 0.2) is 5.11 Å². The average Bonchev–Trinajstić information content (AvgIpc) is 3.20. The Labute approximate surface area is 253 Å². The van der Waals surface area contributed by atoms with Crippen LogP contribution in [-0.2, 0) is 26.1 Å². The quantitative estimate of drug-likeness (QED) is 0.122. The molecule has 2 aliphatic rings. The van der Waals surface area contributed by atoms with E-state index in [1.165, 1.54) is 15.9 Å². The maximum Gasteiger partial charge on any atom is 1.00 e. The van der Waals surface area contributed by atoms with Crippen molar-refractivity contribution < 1.29 is 52.1 Å². The van der Waals surface area contributed by atoms with Crippen molar-refractivity contribution in [2.75, 3.05) is 30.3 Å². The van der Waals surface area contributed by atoms with Crippen LogP contribution in [0.3, 0.4) is 0 Å². The maximum atomic E-state index is 13.1. The van der Waals surface area contributed by atoms with Crippen molar-refractivity contribution in [3.8, 4) is 0 Å². The summed E-state index contributed by atoms with van der Waals surface area (Å²) in [7, 11) is -4.28. The van der Waals surface area contributed by atoms with Crippen molar-refractivity contribution in [1.82, 2.24) is 9.80 Å². The van der Waals surface area contributed by atoms with Gasteiger partial charge >= 0.3 is 29.6 Å². The molecular formula is C27H34N3NaO5S2. The fraction of sp³-hybridized carbons (Fsp3) is 0.444. The maximum absolute atomic E-state index is 13.1. The first-order valence-corrected chi connectivity index (χ1v) is 14.7. The number of nitrogens with zero attached hydrogens (tertiary/aromatic N) is 3. The minimum absolute atomic E-state index is 0. The molecule has 0 bridgehead atoms. The van der Waals surface area contributed by atoms with Crippen LogP contribution in [0.2, 0.25) is 0 Å². The predicted molar refractivity (Wildman–Crippen MR) is 148 cm³/mol. The number of anilines is 1. The molecule has 8 nitrogen and oxygen atoms in total. The predicted octanol–water partition coefficient (Wildman–Crippen LogP) is 0.911. The number of unbranched alkanes of at least 4 members (excludes halogenated alkanes) is 2. The van der Waals surface area contributed by atoms with Gasteiger partial charge in [-0.15, -0.1) is 0 Å². The molecule has 1 fully saturated rings. The smallest absolute Gasteiger partial charge is 0.748 e. The fourth-order valence-corrected chi connectivity index (χ4v) is 5.20. The summed E-state index contributed by atoms with van der Waals surface area (Å²) >= 11 is 5.49. The van der Waals surface area contributed by atoms with Crippen LogP contribution in [0.5, 0.6) is 0 Å². The Morgan fingerprint density at radius 3 is 2.03 bits per heavy atom. The third-order valence-corrected chi connectivity index (χ3v) is 7.55. The number of hydrogen-bond acceptors (Lipinski definition) is 7. The molecule has 2 aliphatic heterocycles. The largest absolute Gasteiger partial charge is 1.00 e. The zero-order valence-electron chi connectivity index (χ0n) is 22.4. The number of fused-ring (bicyclic) bond motifs is 1. The van der Waals surface area contributed by atoms with Crippen molar-refractivity contribution in [1.29, 1.82) is 0 Å². The summed E-state index contributed by atoms with van der Waals surface area (Å²) in [6, 6.07) is 7.84. The minimum atomic E-state index is -4.28. The van der Waals surface area contributed by atoms with E-state index in [0.717, 1.165) is 42.6 Å². The Kier molecular flexibility index (Phi) is 12.9. The van der Waals surface area contributed by atoms with Gasteiger partial charge in [-0.05, 0) is 55.3 Å². The molecule has 1 aromatic rings. The van der Waals surface area contributed by atoms with E-state index >= 15 is 0 Å². The van der Waals surface area contributed by atoms with E-state index in [0.29, 0.717) is 26.1 Å². The van der Waals surface area contributed by atoms with E-state index in [-0.39, 0.29) is 58.5 Å². The van der Waals surface area contributed by atoms with Gasteiger partial charge in [-0.1, -0.05) is 57.0 Å². The first kappa shape index (κ1) is 32.4. The molecule has 11 heteroatoms. The van der Waals surface area contributed by atoms with Gasteiger partial charge in [0.05, 0.1) is 10.1 Å². The van der Waals surface area contributed by atoms with Crippen molar-refractivity contribution in [3.63, 3.8) is 0 Å². The minimum Gasteiger partial charge on any atom is -0.748 e. The van der Waals surface area contributed by atoms with Crippen LogP contribution < -0.4 is 34.5 Å². The van der Waals surface area contributed by atoms with Crippen molar-refractivity contribution >= 4 is 45.0 Å². The molecule has 0 aromatic heterocycles. The van der Waals surface area contributed by atoms with Gasteiger partial charge < -0.3 is 9.45 Å². The Bertz CT molecular complexity index is 1190. The number of para-hydroxylation sites is 1. The third kappa shape index (κ3) is 8.34. The number of allylic oxidation sites excluding steroid dienone is 5. The summed E-state index contributed by atoms with van der Waals surface area (Å²) in [6.07, 6.45) is 11.1. The van der Waals surface area contributed by atoms with Gasteiger partial charge in [0.1, 0.15) is 5.57 Å².